The number of rotatable bonds is 5. The Morgan fingerprint density at radius 1 is 1.26 bits per heavy atom. The molecule has 1 heterocycles. The number of hydrogen-bond acceptors (Lipinski definition) is 3. The second-order valence-corrected chi connectivity index (χ2v) is 6.95. The van der Waals surface area contributed by atoms with Gasteiger partial charge in [-0.05, 0) is 43.9 Å². The van der Waals surface area contributed by atoms with Crippen LogP contribution >= 0.6 is 40.7 Å². The third-order valence-electron chi connectivity index (χ3n) is 4.73. The van der Waals surface area contributed by atoms with Crippen molar-refractivity contribution in [2.75, 3.05) is 32.8 Å². The van der Waals surface area contributed by atoms with E-state index in [1.54, 1.807) is 0 Å². The summed E-state index contributed by atoms with van der Waals surface area (Å²) in [6.07, 6.45) is 4.09. The third kappa shape index (κ3) is 4.99. The second kappa shape index (κ2) is 10.1. The van der Waals surface area contributed by atoms with Crippen molar-refractivity contribution in [2.45, 2.75) is 32.2 Å². The molecule has 1 atom stereocenters. The Kier molecular flexibility index (Phi) is 9.24. The normalized spacial score (nSPS) is 19.9. The predicted molar refractivity (Wildman–Crippen MR) is 104 cm³/mol. The Morgan fingerprint density at radius 3 is 2.52 bits per heavy atom. The Balaban J connectivity index is 0.00000132. The lowest BCUT2D eigenvalue weighted by molar-refractivity contribution is 0.0813. The highest BCUT2D eigenvalue weighted by Crippen LogP contribution is 2.45. The van der Waals surface area contributed by atoms with Crippen molar-refractivity contribution in [2.24, 2.45) is 5.92 Å². The first-order chi connectivity index (χ1) is 10.3. The van der Waals surface area contributed by atoms with Crippen LogP contribution in [0.25, 0.3) is 0 Å². The summed E-state index contributed by atoms with van der Waals surface area (Å²) in [4.78, 5) is 2.66. The summed E-state index contributed by atoms with van der Waals surface area (Å²) < 4.78 is 7.07. The van der Waals surface area contributed by atoms with Gasteiger partial charge in [0.1, 0.15) is 5.75 Å². The number of nitrogens with one attached hydrogen (secondary N) is 1. The van der Waals surface area contributed by atoms with Crippen LogP contribution in [0.1, 0.15) is 37.8 Å². The summed E-state index contributed by atoms with van der Waals surface area (Å²) in [5.74, 6) is 1.85. The van der Waals surface area contributed by atoms with E-state index in [4.69, 9.17) is 4.74 Å². The van der Waals surface area contributed by atoms with Gasteiger partial charge in [0.05, 0.1) is 6.61 Å². The molecule has 0 spiro atoms. The van der Waals surface area contributed by atoms with Crippen LogP contribution in [0.3, 0.4) is 0 Å². The van der Waals surface area contributed by atoms with Crippen LogP contribution in [-0.2, 0) is 0 Å². The van der Waals surface area contributed by atoms with E-state index in [9.17, 15) is 0 Å². The molecule has 3 nitrogen and oxygen atoms in total. The number of halogens is 3. The first kappa shape index (κ1) is 21.0. The number of hydrogen-bond donors (Lipinski definition) is 1. The van der Waals surface area contributed by atoms with E-state index in [1.807, 2.05) is 0 Å². The van der Waals surface area contributed by atoms with Gasteiger partial charge in [-0.15, -0.1) is 24.8 Å². The van der Waals surface area contributed by atoms with Gasteiger partial charge in [0.25, 0.3) is 0 Å². The molecule has 23 heavy (non-hydrogen) atoms. The highest BCUT2D eigenvalue weighted by Gasteiger charge is 2.35. The van der Waals surface area contributed by atoms with E-state index in [1.165, 1.54) is 24.8 Å². The summed E-state index contributed by atoms with van der Waals surface area (Å²) in [5, 5.41) is 3.46. The molecule has 1 aliphatic heterocycles. The average Bonchev–Trinajstić information content (AvgIpc) is 2.46. The third-order valence-corrected chi connectivity index (χ3v) is 5.22. The van der Waals surface area contributed by atoms with Crippen molar-refractivity contribution in [3.63, 3.8) is 0 Å². The molecule has 0 unspecified atom stereocenters. The second-order valence-electron chi connectivity index (χ2n) is 6.04. The molecule has 0 bridgehead atoms. The molecule has 0 amide bonds. The van der Waals surface area contributed by atoms with Crippen LogP contribution < -0.4 is 10.1 Å². The minimum absolute atomic E-state index is 0. The fourth-order valence-corrected chi connectivity index (χ4v) is 3.88. The lowest BCUT2D eigenvalue weighted by Crippen LogP contribution is -2.47. The van der Waals surface area contributed by atoms with Gasteiger partial charge in [-0.1, -0.05) is 22.4 Å². The van der Waals surface area contributed by atoms with Crippen LogP contribution in [0.5, 0.6) is 5.75 Å². The van der Waals surface area contributed by atoms with Crippen molar-refractivity contribution in [3.8, 4) is 5.75 Å². The first-order valence-corrected chi connectivity index (χ1v) is 8.96. The highest BCUT2D eigenvalue weighted by molar-refractivity contribution is 9.10. The zero-order valence-electron chi connectivity index (χ0n) is 13.6. The van der Waals surface area contributed by atoms with Gasteiger partial charge in [0.2, 0.25) is 0 Å². The van der Waals surface area contributed by atoms with E-state index in [0.29, 0.717) is 6.04 Å². The molecule has 2 aliphatic rings. The van der Waals surface area contributed by atoms with Crippen LogP contribution in [0.4, 0.5) is 0 Å². The smallest absolute Gasteiger partial charge is 0.124 e. The quantitative estimate of drug-likeness (QED) is 0.754. The predicted octanol–water partition coefficient (Wildman–Crippen LogP) is 4.44. The molecule has 6 heteroatoms. The van der Waals surface area contributed by atoms with Crippen LogP contribution in [0.15, 0.2) is 22.7 Å². The van der Waals surface area contributed by atoms with Gasteiger partial charge in [-0.3, -0.25) is 4.90 Å². The largest absolute Gasteiger partial charge is 0.494 e. The van der Waals surface area contributed by atoms with Crippen LogP contribution in [0, 0.1) is 5.92 Å². The summed E-state index contributed by atoms with van der Waals surface area (Å²) >= 11 is 3.64. The molecule has 1 aliphatic carbocycles. The summed E-state index contributed by atoms with van der Waals surface area (Å²) in [6.45, 7) is 7.27. The average molecular weight is 426 g/mol. The van der Waals surface area contributed by atoms with E-state index >= 15 is 0 Å². The van der Waals surface area contributed by atoms with Gasteiger partial charge in [-0.2, -0.15) is 0 Å². The Bertz CT molecular complexity index is 480. The lowest BCUT2D eigenvalue weighted by Gasteiger charge is -2.43. The van der Waals surface area contributed by atoms with Crippen molar-refractivity contribution >= 4 is 40.7 Å². The minimum Gasteiger partial charge on any atom is -0.494 e. The molecular formula is C17H27BrCl2N2O. The Hall–Kier alpha value is -0.000000000000000222. The summed E-state index contributed by atoms with van der Waals surface area (Å²) in [6, 6.07) is 7.00. The Labute approximate surface area is 160 Å². The molecule has 1 N–H and O–H groups in total. The van der Waals surface area contributed by atoms with Crippen molar-refractivity contribution in [3.05, 3.63) is 28.2 Å². The zero-order chi connectivity index (χ0) is 14.7. The molecule has 0 radical (unpaired) electrons. The fraction of sp³-hybridized carbons (Fsp3) is 0.647. The van der Waals surface area contributed by atoms with Gasteiger partial charge in [0.15, 0.2) is 0 Å². The van der Waals surface area contributed by atoms with Gasteiger partial charge in [0, 0.05) is 42.3 Å². The van der Waals surface area contributed by atoms with E-state index < -0.39 is 0 Å². The number of ether oxygens (including phenoxy) is 1. The van der Waals surface area contributed by atoms with Crippen molar-refractivity contribution < 1.29 is 4.74 Å². The van der Waals surface area contributed by atoms with Crippen LogP contribution in [0.2, 0.25) is 0 Å². The lowest BCUT2D eigenvalue weighted by atomic mass is 9.76. The molecule has 2 fully saturated rings. The number of nitrogens with zero attached hydrogens (tertiary/aromatic N) is 1. The summed E-state index contributed by atoms with van der Waals surface area (Å²) in [7, 11) is 0. The van der Waals surface area contributed by atoms with Gasteiger partial charge in [-0.25, -0.2) is 0 Å². The number of piperazine rings is 1. The molecule has 1 saturated heterocycles. The fourth-order valence-electron chi connectivity index (χ4n) is 3.50. The maximum Gasteiger partial charge on any atom is 0.124 e. The minimum atomic E-state index is 0. The first-order valence-electron chi connectivity index (χ1n) is 8.16. The van der Waals surface area contributed by atoms with Gasteiger partial charge >= 0.3 is 0 Å². The van der Waals surface area contributed by atoms with Gasteiger partial charge < -0.3 is 10.1 Å². The maximum absolute atomic E-state index is 5.92. The molecule has 3 rings (SSSR count). The number of benzene rings is 1. The molecular weight excluding hydrogens is 399 g/mol. The molecule has 0 aromatic heterocycles. The van der Waals surface area contributed by atoms with Crippen molar-refractivity contribution in [1.82, 2.24) is 10.2 Å². The SMILES string of the molecule is CCOc1ccc(Br)cc1[C@@H](C1CCC1)N1CCNCC1.Cl.Cl. The molecule has 1 aromatic rings. The monoisotopic (exact) mass is 424 g/mol. The molecule has 1 aromatic carbocycles. The highest BCUT2D eigenvalue weighted by atomic mass is 79.9. The molecule has 1 saturated carbocycles. The van der Waals surface area contributed by atoms with E-state index in [0.717, 1.165) is 48.9 Å². The Morgan fingerprint density at radius 2 is 1.96 bits per heavy atom. The van der Waals surface area contributed by atoms with E-state index in [2.05, 4.69) is 51.3 Å². The van der Waals surface area contributed by atoms with E-state index in [-0.39, 0.29) is 24.8 Å². The molecule has 132 valence electrons. The van der Waals surface area contributed by atoms with Crippen LogP contribution in [-0.4, -0.2) is 37.7 Å². The topological polar surface area (TPSA) is 24.5 Å². The standard InChI is InChI=1S/C17H25BrN2O.2ClH/c1-2-21-16-7-6-14(18)12-15(16)17(13-4-3-5-13)20-10-8-19-9-11-20;;/h6-7,12-13,17,19H,2-5,8-11H2,1H3;2*1H/t17-;;/m1../s1. The zero-order valence-corrected chi connectivity index (χ0v) is 16.8. The summed E-state index contributed by atoms with van der Waals surface area (Å²) in [5.41, 5.74) is 1.37. The maximum atomic E-state index is 5.92. The van der Waals surface area contributed by atoms with Crippen molar-refractivity contribution in [1.29, 1.82) is 0 Å².